The summed E-state index contributed by atoms with van der Waals surface area (Å²) < 4.78 is 2.05. The minimum atomic E-state index is 0.114. The van der Waals surface area contributed by atoms with Crippen molar-refractivity contribution in [3.63, 3.8) is 0 Å². The zero-order valence-corrected chi connectivity index (χ0v) is 18.2. The molecule has 1 aromatic carbocycles. The van der Waals surface area contributed by atoms with E-state index in [1.165, 1.54) is 0 Å². The zero-order valence-electron chi connectivity index (χ0n) is 18.2. The predicted octanol–water partition coefficient (Wildman–Crippen LogP) is 4.77. The second-order valence-corrected chi connectivity index (χ2v) is 8.08. The van der Waals surface area contributed by atoms with Crippen molar-refractivity contribution in [1.82, 2.24) is 29.7 Å². The molecule has 0 N–H and O–H groups in total. The van der Waals surface area contributed by atoms with Gasteiger partial charge in [0.25, 0.3) is 0 Å². The lowest BCUT2D eigenvalue weighted by atomic mass is 10.0. The summed E-state index contributed by atoms with van der Waals surface area (Å²) in [5, 5.41) is 8.62. The number of aromatic nitrogens is 6. The molecule has 0 bridgehead atoms. The molecule has 0 fully saturated rings. The van der Waals surface area contributed by atoms with Gasteiger partial charge >= 0.3 is 0 Å². The fraction of sp³-hybridized carbons (Fsp3) is 0.292. The van der Waals surface area contributed by atoms with Gasteiger partial charge in [0.15, 0.2) is 17.5 Å². The molecule has 0 amide bonds. The molecular weight excluding hydrogens is 386 g/mol. The van der Waals surface area contributed by atoms with Crippen LogP contribution in [-0.2, 0) is 0 Å². The summed E-state index contributed by atoms with van der Waals surface area (Å²) in [6.45, 7) is 8.59. The van der Waals surface area contributed by atoms with Crippen LogP contribution >= 0.6 is 0 Å². The number of aryl methyl sites for hydroxylation is 1. The van der Waals surface area contributed by atoms with Crippen LogP contribution in [0.4, 0.5) is 5.82 Å². The Labute approximate surface area is 181 Å². The minimum absolute atomic E-state index is 0.114. The number of pyridine rings is 1. The van der Waals surface area contributed by atoms with Gasteiger partial charge in [0.2, 0.25) is 0 Å². The van der Waals surface area contributed by atoms with E-state index in [1.54, 1.807) is 12.5 Å². The monoisotopic (exact) mass is 411 g/mol. The Balaban J connectivity index is 1.75. The standard InChI is InChI=1S/C24H25N7/c1-5-20-23-29-26-14-30(23)21-16(4)27-22(28-24(21)31(20)15(2)3)18-11-12-25-13-19(18)17-9-7-6-8-10-17/h6-15,20H,5H2,1-4H3/t20-/m1/s1. The summed E-state index contributed by atoms with van der Waals surface area (Å²) in [6.07, 6.45) is 6.37. The number of rotatable bonds is 4. The Bertz CT molecular complexity index is 1230. The molecule has 5 rings (SSSR count). The summed E-state index contributed by atoms with van der Waals surface area (Å²) >= 11 is 0. The molecule has 3 aromatic heterocycles. The number of fused-ring (bicyclic) bond motifs is 3. The third kappa shape index (κ3) is 3.08. The molecule has 0 saturated carbocycles. The van der Waals surface area contributed by atoms with Crippen molar-refractivity contribution < 1.29 is 0 Å². The van der Waals surface area contributed by atoms with Crippen LogP contribution in [0.25, 0.3) is 28.2 Å². The van der Waals surface area contributed by atoms with Crippen molar-refractivity contribution >= 4 is 5.82 Å². The molecule has 4 heterocycles. The quantitative estimate of drug-likeness (QED) is 0.481. The molecule has 1 atom stereocenters. The summed E-state index contributed by atoms with van der Waals surface area (Å²) in [5.41, 5.74) is 4.94. The topological polar surface area (TPSA) is 72.6 Å². The van der Waals surface area contributed by atoms with Gasteiger partial charge in [0, 0.05) is 29.6 Å². The van der Waals surface area contributed by atoms with Crippen molar-refractivity contribution in [2.75, 3.05) is 4.90 Å². The summed E-state index contributed by atoms with van der Waals surface area (Å²) in [4.78, 5) is 16.8. The molecule has 7 heteroatoms. The fourth-order valence-electron chi connectivity index (χ4n) is 4.47. The van der Waals surface area contributed by atoms with Crippen LogP contribution < -0.4 is 4.90 Å². The van der Waals surface area contributed by atoms with Gasteiger partial charge in [-0.2, -0.15) is 0 Å². The lowest BCUT2D eigenvalue weighted by Crippen LogP contribution is -2.40. The van der Waals surface area contributed by atoms with Gasteiger partial charge in [-0.3, -0.25) is 9.55 Å². The first-order valence-corrected chi connectivity index (χ1v) is 10.7. The Morgan fingerprint density at radius 2 is 1.84 bits per heavy atom. The zero-order chi connectivity index (χ0) is 21.5. The highest BCUT2D eigenvalue weighted by atomic mass is 15.4. The van der Waals surface area contributed by atoms with E-state index in [9.17, 15) is 0 Å². The highest BCUT2D eigenvalue weighted by Crippen LogP contribution is 2.41. The maximum atomic E-state index is 5.12. The Hall–Kier alpha value is -3.61. The van der Waals surface area contributed by atoms with E-state index in [0.717, 1.165) is 46.1 Å². The molecule has 0 saturated heterocycles. The maximum absolute atomic E-state index is 5.12. The fourth-order valence-corrected chi connectivity index (χ4v) is 4.47. The van der Waals surface area contributed by atoms with Gasteiger partial charge in [0.05, 0.1) is 11.7 Å². The Morgan fingerprint density at radius 1 is 1.03 bits per heavy atom. The molecule has 4 aromatic rings. The van der Waals surface area contributed by atoms with Crippen molar-refractivity contribution in [3.05, 3.63) is 66.6 Å². The van der Waals surface area contributed by atoms with Gasteiger partial charge in [-0.25, -0.2) is 9.97 Å². The lowest BCUT2D eigenvalue weighted by Gasteiger charge is -2.40. The summed E-state index contributed by atoms with van der Waals surface area (Å²) in [7, 11) is 0. The van der Waals surface area contributed by atoms with Gasteiger partial charge < -0.3 is 4.90 Å². The number of hydrogen-bond acceptors (Lipinski definition) is 6. The molecule has 31 heavy (non-hydrogen) atoms. The van der Waals surface area contributed by atoms with Crippen LogP contribution in [0, 0.1) is 6.92 Å². The van der Waals surface area contributed by atoms with Crippen molar-refractivity contribution in [1.29, 1.82) is 0 Å². The van der Waals surface area contributed by atoms with Gasteiger partial charge in [-0.05, 0) is 38.8 Å². The van der Waals surface area contributed by atoms with Crippen molar-refractivity contribution in [3.8, 4) is 28.2 Å². The summed E-state index contributed by atoms with van der Waals surface area (Å²) in [5.74, 6) is 2.57. The van der Waals surface area contributed by atoms with Crippen LogP contribution in [0.3, 0.4) is 0 Å². The second-order valence-electron chi connectivity index (χ2n) is 8.08. The highest BCUT2D eigenvalue weighted by molar-refractivity contribution is 5.81. The molecule has 156 valence electrons. The van der Waals surface area contributed by atoms with E-state index >= 15 is 0 Å². The van der Waals surface area contributed by atoms with Crippen LogP contribution in [0.15, 0.2) is 55.1 Å². The maximum Gasteiger partial charge on any atom is 0.162 e. The van der Waals surface area contributed by atoms with E-state index in [4.69, 9.17) is 9.97 Å². The number of nitrogens with zero attached hydrogens (tertiary/aromatic N) is 7. The SMILES string of the molecule is CC[C@@H]1c2nncn2-c2c(C)nc(-c3ccncc3-c3ccccc3)nc2N1C(C)C. The predicted molar refractivity (Wildman–Crippen MR) is 121 cm³/mol. The molecule has 7 nitrogen and oxygen atoms in total. The van der Waals surface area contributed by atoms with E-state index in [1.807, 2.05) is 42.0 Å². The average Bonchev–Trinajstić information content (AvgIpc) is 3.27. The molecule has 0 radical (unpaired) electrons. The summed E-state index contributed by atoms with van der Waals surface area (Å²) in [6, 6.07) is 12.6. The first-order chi connectivity index (χ1) is 15.1. The normalized spacial score (nSPS) is 15.1. The molecular formula is C24H25N7. The third-order valence-corrected chi connectivity index (χ3v) is 5.82. The van der Waals surface area contributed by atoms with E-state index in [0.29, 0.717) is 5.82 Å². The number of anilines is 1. The lowest BCUT2D eigenvalue weighted by molar-refractivity contribution is 0.497. The Kier molecular flexibility index (Phi) is 4.73. The van der Waals surface area contributed by atoms with Crippen LogP contribution in [0.2, 0.25) is 0 Å². The number of hydrogen-bond donors (Lipinski definition) is 0. The van der Waals surface area contributed by atoms with E-state index in [-0.39, 0.29) is 12.1 Å². The second kappa shape index (κ2) is 7.58. The van der Waals surface area contributed by atoms with E-state index in [2.05, 4.69) is 53.0 Å². The van der Waals surface area contributed by atoms with Crippen LogP contribution in [0.1, 0.15) is 44.8 Å². The van der Waals surface area contributed by atoms with Gasteiger partial charge in [-0.15, -0.1) is 10.2 Å². The first-order valence-electron chi connectivity index (χ1n) is 10.7. The van der Waals surface area contributed by atoms with Crippen molar-refractivity contribution in [2.45, 2.75) is 46.2 Å². The third-order valence-electron chi connectivity index (χ3n) is 5.82. The highest BCUT2D eigenvalue weighted by Gasteiger charge is 2.36. The van der Waals surface area contributed by atoms with Crippen LogP contribution in [0.5, 0.6) is 0 Å². The van der Waals surface area contributed by atoms with Crippen molar-refractivity contribution in [2.24, 2.45) is 0 Å². The molecule has 0 unspecified atom stereocenters. The largest absolute Gasteiger partial charge is 0.342 e. The van der Waals surface area contributed by atoms with Crippen LogP contribution in [-0.4, -0.2) is 35.8 Å². The van der Waals surface area contributed by atoms with Gasteiger partial charge in [-0.1, -0.05) is 37.3 Å². The van der Waals surface area contributed by atoms with Gasteiger partial charge in [0.1, 0.15) is 12.0 Å². The average molecular weight is 412 g/mol. The first kappa shape index (κ1) is 19.4. The molecule has 1 aliphatic rings. The van der Waals surface area contributed by atoms with E-state index < -0.39 is 0 Å². The molecule has 1 aliphatic heterocycles. The molecule has 0 aliphatic carbocycles. The Morgan fingerprint density at radius 3 is 2.58 bits per heavy atom. The molecule has 0 spiro atoms. The number of benzene rings is 1. The smallest absolute Gasteiger partial charge is 0.162 e. The minimum Gasteiger partial charge on any atom is -0.342 e.